The predicted octanol–water partition coefficient (Wildman–Crippen LogP) is -4.10. The number of aromatic nitrogens is 4. The van der Waals surface area contributed by atoms with Gasteiger partial charge in [0.1, 0.15) is 0 Å². The lowest BCUT2D eigenvalue weighted by Gasteiger charge is -2.23. The van der Waals surface area contributed by atoms with E-state index in [1.165, 1.54) is 44.0 Å². The van der Waals surface area contributed by atoms with Crippen molar-refractivity contribution in [3.05, 3.63) is 27.2 Å². The van der Waals surface area contributed by atoms with Gasteiger partial charge in [0, 0.05) is 27.1 Å². The number of rotatable bonds is 4. The summed E-state index contributed by atoms with van der Waals surface area (Å²) in [5.41, 5.74) is 0.401. The maximum Gasteiger partial charge on any atom is 0.332 e. The van der Waals surface area contributed by atoms with Gasteiger partial charge in [0.2, 0.25) is 0 Å². The highest BCUT2D eigenvalue weighted by molar-refractivity contribution is 5.69. The van der Waals surface area contributed by atoms with Crippen molar-refractivity contribution in [2.24, 2.45) is 14.1 Å². The van der Waals surface area contributed by atoms with Gasteiger partial charge in [-0.3, -0.25) is 13.9 Å². The van der Waals surface area contributed by atoms with E-state index in [2.05, 4.69) is 4.98 Å². The van der Waals surface area contributed by atoms with Crippen LogP contribution in [0.2, 0.25) is 0 Å². The topological polar surface area (TPSA) is 66.3 Å². The zero-order valence-electron chi connectivity index (χ0n) is 13.7. The quantitative estimate of drug-likeness (QED) is 0.615. The zero-order chi connectivity index (χ0) is 15.7. The summed E-state index contributed by atoms with van der Waals surface area (Å²) >= 11 is 0. The molecule has 1 N–H and O–H groups in total. The van der Waals surface area contributed by atoms with E-state index in [0.717, 1.165) is 24.1 Å². The van der Waals surface area contributed by atoms with E-state index in [9.17, 15) is 9.59 Å². The van der Waals surface area contributed by atoms with E-state index >= 15 is 0 Å². The summed E-state index contributed by atoms with van der Waals surface area (Å²) in [7, 11) is 3.17. The number of piperidine rings is 1. The molecule has 3 heterocycles. The summed E-state index contributed by atoms with van der Waals surface area (Å²) < 4.78 is 4.47. The number of hydrogen-bond donors (Lipinski definition) is 1. The van der Waals surface area contributed by atoms with Crippen LogP contribution in [-0.4, -0.2) is 38.3 Å². The summed E-state index contributed by atoms with van der Waals surface area (Å²) in [6.45, 7) is 4.43. The SMILES string of the molecule is Cn1c(=O)c2c(ncn2CCC[NH+]2CCCCC2)n(C)c1=O.[Cl-]. The van der Waals surface area contributed by atoms with Gasteiger partial charge in [0.05, 0.1) is 26.0 Å². The minimum atomic E-state index is -0.333. The van der Waals surface area contributed by atoms with Crippen LogP contribution in [0.5, 0.6) is 0 Å². The number of fused-ring (bicyclic) bond motifs is 1. The van der Waals surface area contributed by atoms with E-state index < -0.39 is 0 Å². The van der Waals surface area contributed by atoms with Crippen molar-refractivity contribution in [3.8, 4) is 0 Å². The monoisotopic (exact) mass is 341 g/mol. The third-order valence-electron chi connectivity index (χ3n) is 4.71. The third-order valence-corrected chi connectivity index (χ3v) is 4.71. The van der Waals surface area contributed by atoms with E-state index in [1.807, 2.05) is 4.57 Å². The van der Waals surface area contributed by atoms with Gasteiger partial charge in [0.25, 0.3) is 5.56 Å². The summed E-state index contributed by atoms with van der Waals surface area (Å²) in [4.78, 5) is 30.2. The lowest BCUT2D eigenvalue weighted by Crippen LogP contribution is -3.12. The maximum absolute atomic E-state index is 12.3. The second-order valence-corrected chi connectivity index (χ2v) is 6.23. The molecule has 2 aromatic heterocycles. The molecule has 1 aliphatic heterocycles. The van der Waals surface area contributed by atoms with Gasteiger partial charge in [-0.05, 0) is 19.3 Å². The summed E-state index contributed by atoms with van der Waals surface area (Å²) in [5.74, 6) is 0. The summed E-state index contributed by atoms with van der Waals surface area (Å²) in [6, 6.07) is 0. The second-order valence-electron chi connectivity index (χ2n) is 6.23. The first-order valence-corrected chi connectivity index (χ1v) is 8.04. The van der Waals surface area contributed by atoms with Crippen molar-refractivity contribution in [2.45, 2.75) is 32.2 Å². The highest BCUT2D eigenvalue weighted by atomic mass is 35.5. The number of imidazole rings is 1. The van der Waals surface area contributed by atoms with Crippen molar-refractivity contribution >= 4 is 11.2 Å². The fourth-order valence-corrected chi connectivity index (χ4v) is 3.37. The molecule has 2 aromatic rings. The highest BCUT2D eigenvalue weighted by Crippen LogP contribution is 2.05. The van der Waals surface area contributed by atoms with Crippen LogP contribution in [0, 0.1) is 0 Å². The van der Waals surface area contributed by atoms with Gasteiger partial charge in [-0.15, -0.1) is 0 Å². The van der Waals surface area contributed by atoms with Gasteiger partial charge < -0.3 is 21.9 Å². The number of aryl methyl sites for hydroxylation is 2. The number of quaternary nitrogens is 1. The Morgan fingerprint density at radius 3 is 2.52 bits per heavy atom. The van der Waals surface area contributed by atoms with Crippen molar-refractivity contribution in [3.63, 3.8) is 0 Å². The second kappa shape index (κ2) is 7.31. The van der Waals surface area contributed by atoms with Gasteiger partial charge in [-0.25, -0.2) is 9.78 Å². The van der Waals surface area contributed by atoms with Gasteiger partial charge >= 0.3 is 5.69 Å². The van der Waals surface area contributed by atoms with Crippen LogP contribution in [0.1, 0.15) is 25.7 Å². The first-order valence-electron chi connectivity index (χ1n) is 8.04. The minimum absolute atomic E-state index is 0. The Kier molecular flexibility index (Phi) is 5.64. The molecule has 0 radical (unpaired) electrons. The normalized spacial score (nSPS) is 15.7. The fourth-order valence-electron chi connectivity index (χ4n) is 3.37. The van der Waals surface area contributed by atoms with Crippen LogP contribution in [-0.2, 0) is 20.6 Å². The minimum Gasteiger partial charge on any atom is -1.00 e. The molecule has 0 amide bonds. The van der Waals surface area contributed by atoms with Crippen molar-refractivity contribution in [2.75, 3.05) is 19.6 Å². The van der Waals surface area contributed by atoms with Crippen molar-refractivity contribution < 1.29 is 17.3 Å². The third kappa shape index (κ3) is 3.35. The lowest BCUT2D eigenvalue weighted by atomic mass is 10.1. The van der Waals surface area contributed by atoms with Crippen LogP contribution in [0.4, 0.5) is 0 Å². The first kappa shape index (κ1) is 17.7. The smallest absolute Gasteiger partial charge is 0.332 e. The molecule has 1 saturated heterocycles. The molecule has 8 heteroatoms. The van der Waals surface area contributed by atoms with Gasteiger partial charge in [0.15, 0.2) is 11.2 Å². The number of nitrogens with one attached hydrogen (secondary N) is 1. The molecule has 23 heavy (non-hydrogen) atoms. The average Bonchev–Trinajstić information content (AvgIpc) is 2.96. The summed E-state index contributed by atoms with van der Waals surface area (Å²) in [6.07, 6.45) is 6.71. The van der Waals surface area contributed by atoms with Gasteiger partial charge in [-0.1, -0.05) is 0 Å². The van der Waals surface area contributed by atoms with Gasteiger partial charge in [-0.2, -0.15) is 0 Å². The Morgan fingerprint density at radius 1 is 1.13 bits per heavy atom. The molecule has 1 aliphatic rings. The van der Waals surface area contributed by atoms with E-state index in [-0.39, 0.29) is 23.7 Å². The van der Waals surface area contributed by atoms with Crippen LogP contribution < -0.4 is 28.6 Å². The molecule has 3 rings (SSSR count). The van der Waals surface area contributed by atoms with Crippen LogP contribution in [0.15, 0.2) is 15.9 Å². The molecule has 0 spiro atoms. The van der Waals surface area contributed by atoms with Crippen molar-refractivity contribution in [1.29, 1.82) is 0 Å². The molecule has 0 aromatic carbocycles. The maximum atomic E-state index is 12.3. The van der Waals surface area contributed by atoms with E-state index in [0.29, 0.717) is 11.2 Å². The standard InChI is InChI=1S/C15H23N5O2.ClH/c1-17-13-12(14(21)18(2)15(17)22)20(11-16-13)10-6-9-19-7-4-3-5-8-19;/h11H,3-10H2,1-2H3;1H. The highest BCUT2D eigenvalue weighted by Gasteiger charge is 2.16. The Bertz CT molecular complexity index is 785. The Labute approximate surface area is 140 Å². The number of nitrogens with zero attached hydrogens (tertiary/aromatic N) is 4. The Hall–Kier alpha value is -1.60. The van der Waals surface area contributed by atoms with Crippen LogP contribution in [0.25, 0.3) is 11.2 Å². The molecule has 128 valence electrons. The molecule has 7 nitrogen and oxygen atoms in total. The molecule has 1 fully saturated rings. The molecule has 0 bridgehead atoms. The molecule has 0 atom stereocenters. The molecule has 0 unspecified atom stereocenters. The first-order chi connectivity index (χ1) is 10.6. The van der Waals surface area contributed by atoms with Crippen LogP contribution in [0.3, 0.4) is 0 Å². The zero-order valence-corrected chi connectivity index (χ0v) is 14.5. The number of halogens is 1. The molecular weight excluding hydrogens is 318 g/mol. The predicted molar refractivity (Wildman–Crippen MR) is 84.2 cm³/mol. The Morgan fingerprint density at radius 2 is 1.83 bits per heavy atom. The van der Waals surface area contributed by atoms with Crippen molar-refractivity contribution in [1.82, 2.24) is 18.7 Å². The molecular formula is C15H24ClN5O2. The largest absolute Gasteiger partial charge is 1.00 e. The van der Waals surface area contributed by atoms with E-state index in [1.54, 1.807) is 18.3 Å². The number of likely N-dealkylation sites (tertiary alicyclic amines) is 1. The molecule has 0 aliphatic carbocycles. The number of hydrogen-bond acceptors (Lipinski definition) is 3. The average molecular weight is 342 g/mol. The summed E-state index contributed by atoms with van der Waals surface area (Å²) in [5, 5.41) is 0. The lowest BCUT2D eigenvalue weighted by molar-refractivity contribution is -0.905. The van der Waals surface area contributed by atoms with Crippen LogP contribution >= 0.6 is 0 Å². The Balaban J connectivity index is 0.00000192. The molecule has 0 saturated carbocycles. The van der Waals surface area contributed by atoms with E-state index in [4.69, 9.17) is 0 Å². The fraction of sp³-hybridized carbons (Fsp3) is 0.667.